The van der Waals surface area contributed by atoms with Gasteiger partial charge in [0.05, 0.1) is 22.4 Å². The van der Waals surface area contributed by atoms with Crippen molar-refractivity contribution in [3.05, 3.63) is 34.0 Å². The first-order chi connectivity index (χ1) is 8.74. The van der Waals surface area contributed by atoms with Crippen molar-refractivity contribution in [2.45, 2.75) is 39.8 Å². The molecule has 4 nitrogen and oxygen atoms in total. The van der Waals surface area contributed by atoms with Crippen molar-refractivity contribution in [1.29, 1.82) is 0 Å². The molecular formula is C13H20N4S. The normalized spacial score (nSPS) is 12.8. The number of hydrogen-bond acceptors (Lipinski definition) is 4. The van der Waals surface area contributed by atoms with Crippen LogP contribution in [0.5, 0.6) is 0 Å². The smallest absolute Gasteiger partial charge is 0.0944 e. The molecule has 18 heavy (non-hydrogen) atoms. The number of aryl methyl sites for hydroxylation is 2. The van der Waals surface area contributed by atoms with E-state index in [1.54, 1.807) is 11.3 Å². The zero-order chi connectivity index (χ0) is 13.0. The van der Waals surface area contributed by atoms with Crippen LogP contribution in [0.3, 0.4) is 0 Å². The van der Waals surface area contributed by atoms with Gasteiger partial charge >= 0.3 is 0 Å². The average molecular weight is 264 g/mol. The zero-order valence-electron chi connectivity index (χ0n) is 11.2. The quantitative estimate of drug-likeness (QED) is 0.872. The molecule has 0 saturated carbocycles. The molecule has 0 amide bonds. The Morgan fingerprint density at radius 3 is 2.89 bits per heavy atom. The van der Waals surface area contributed by atoms with Gasteiger partial charge in [0, 0.05) is 24.5 Å². The Balaban J connectivity index is 2.22. The van der Waals surface area contributed by atoms with Gasteiger partial charge in [-0.25, -0.2) is 4.98 Å². The highest BCUT2D eigenvalue weighted by atomic mass is 32.1. The molecule has 2 aromatic rings. The Morgan fingerprint density at radius 1 is 1.44 bits per heavy atom. The fraction of sp³-hybridized carbons (Fsp3) is 0.538. The lowest BCUT2D eigenvalue weighted by Gasteiger charge is -2.17. The number of thiazole rings is 1. The van der Waals surface area contributed by atoms with Crippen LogP contribution in [0.15, 0.2) is 17.6 Å². The predicted octanol–water partition coefficient (Wildman–Crippen LogP) is 2.56. The lowest BCUT2D eigenvalue weighted by atomic mass is 10.1. The first-order valence-corrected chi connectivity index (χ1v) is 7.28. The van der Waals surface area contributed by atoms with Gasteiger partial charge in [-0.05, 0) is 26.5 Å². The minimum Gasteiger partial charge on any atom is -0.309 e. The number of likely N-dealkylation sites (N-methyl/N-ethyl adjacent to an activating group) is 1. The van der Waals surface area contributed by atoms with Crippen LogP contribution in [0.2, 0.25) is 0 Å². The molecule has 5 heteroatoms. The Kier molecular flexibility index (Phi) is 4.49. The van der Waals surface area contributed by atoms with Crippen molar-refractivity contribution in [2.24, 2.45) is 0 Å². The van der Waals surface area contributed by atoms with E-state index in [1.165, 1.54) is 10.7 Å². The van der Waals surface area contributed by atoms with Crippen LogP contribution in [0.25, 0.3) is 0 Å². The largest absolute Gasteiger partial charge is 0.309 e. The topological polar surface area (TPSA) is 42.7 Å². The molecule has 0 bridgehead atoms. The summed E-state index contributed by atoms with van der Waals surface area (Å²) in [5.74, 6) is 0. The maximum atomic E-state index is 4.52. The summed E-state index contributed by atoms with van der Waals surface area (Å²) in [4.78, 5) is 4.37. The van der Waals surface area contributed by atoms with Gasteiger partial charge in [-0.1, -0.05) is 6.92 Å². The first-order valence-electron chi connectivity index (χ1n) is 6.40. The van der Waals surface area contributed by atoms with E-state index in [9.17, 15) is 0 Å². The summed E-state index contributed by atoms with van der Waals surface area (Å²) in [6.45, 7) is 8.16. The van der Waals surface area contributed by atoms with Gasteiger partial charge in [-0.2, -0.15) is 5.10 Å². The molecular weight excluding hydrogens is 244 g/mol. The average Bonchev–Trinajstić information content (AvgIpc) is 2.97. The number of nitrogens with one attached hydrogen (secondary N) is 1. The monoisotopic (exact) mass is 264 g/mol. The molecule has 0 aliphatic heterocycles. The van der Waals surface area contributed by atoms with E-state index < -0.39 is 0 Å². The van der Waals surface area contributed by atoms with E-state index in [1.807, 2.05) is 18.5 Å². The molecule has 0 aromatic carbocycles. The molecule has 0 saturated heterocycles. The number of aromatic nitrogens is 3. The second kappa shape index (κ2) is 6.11. The van der Waals surface area contributed by atoms with Crippen LogP contribution >= 0.6 is 11.3 Å². The lowest BCUT2D eigenvalue weighted by molar-refractivity contribution is 0.489. The molecule has 2 aromatic heterocycles. The summed E-state index contributed by atoms with van der Waals surface area (Å²) in [5.41, 5.74) is 2.33. The van der Waals surface area contributed by atoms with Crippen molar-refractivity contribution in [1.82, 2.24) is 20.1 Å². The molecule has 0 aliphatic carbocycles. The standard InChI is InChI=1S/C13H20N4S/c1-4-14-11(9-13-15-6-7-18-13)12-8-10(3)16-17(12)5-2/h6-8,11,14H,4-5,9H2,1-3H3. The maximum Gasteiger partial charge on any atom is 0.0944 e. The molecule has 0 fully saturated rings. The lowest BCUT2D eigenvalue weighted by Crippen LogP contribution is -2.25. The van der Waals surface area contributed by atoms with E-state index >= 15 is 0 Å². The minimum absolute atomic E-state index is 0.294. The van der Waals surface area contributed by atoms with Gasteiger partial charge in [0.1, 0.15) is 0 Å². The van der Waals surface area contributed by atoms with Crippen LogP contribution in [0.1, 0.15) is 36.3 Å². The Hall–Kier alpha value is -1.20. The SMILES string of the molecule is CCNC(Cc1nccs1)c1cc(C)nn1CC. The Bertz CT molecular complexity index is 475. The van der Waals surface area contributed by atoms with Gasteiger partial charge in [-0.3, -0.25) is 4.68 Å². The van der Waals surface area contributed by atoms with Crippen molar-refractivity contribution in [3.8, 4) is 0 Å². The summed E-state index contributed by atoms with van der Waals surface area (Å²) in [5, 5.41) is 11.2. The highest BCUT2D eigenvalue weighted by Crippen LogP contribution is 2.20. The van der Waals surface area contributed by atoms with Crippen molar-refractivity contribution < 1.29 is 0 Å². The van der Waals surface area contributed by atoms with Crippen molar-refractivity contribution in [2.75, 3.05) is 6.54 Å². The summed E-state index contributed by atoms with van der Waals surface area (Å²) in [6.07, 6.45) is 2.79. The third kappa shape index (κ3) is 2.97. The number of nitrogens with zero attached hydrogens (tertiary/aromatic N) is 3. The van der Waals surface area contributed by atoms with Gasteiger partial charge in [0.2, 0.25) is 0 Å². The molecule has 0 aliphatic rings. The predicted molar refractivity (Wildman–Crippen MR) is 74.9 cm³/mol. The second-order valence-corrected chi connectivity index (χ2v) is 5.25. The van der Waals surface area contributed by atoms with Crippen LogP contribution < -0.4 is 5.32 Å². The Labute approximate surface area is 112 Å². The highest BCUT2D eigenvalue weighted by molar-refractivity contribution is 7.09. The number of rotatable bonds is 6. The zero-order valence-corrected chi connectivity index (χ0v) is 12.0. The summed E-state index contributed by atoms with van der Waals surface area (Å²) < 4.78 is 2.08. The third-order valence-corrected chi connectivity index (χ3v) is 3.70. The number of hydrogen-bond donors (Lipinski definition) is 1. The molecule has 2 rings (SSSR count). The molecule has 1 unspecified atom stereocenters. The van der Waals surface area contributed by atoms with Crippen LogP contribution in [0.4, 0.5) is 0 Å². The third-order valence-electron chi connectivity index (χ3n) is 2.90. The summed E-state index contributed by atoms with van der Waals surface area (Å²) in [7, 11) is 0. The Morgan fingerprint density at radius 2 is 2.28 bits per heavy atom. The summed E-state index contributed by atoms with van der Waals surface area (Å²) in [6, 6.07) is 2.46. The molecule has 1 atom stereocenters. The van der Waals surface area contributed by atoms with E-state index in [2.05, 4.69) is 40.0 Å². The summed E-state index contributed by atoms with van der Waals surface area (Å²) >= 11 is 1.71. The minimum atomic E-state index is 0.294. The molecule has 2 heterocycles. The molecule has 0 spiro atoms. The van der Waals surface area contributed by atoms with Crippen LogP contribution in [-0.2, 0) is 13.0 Å². The van der Waals surface area contributed by atoms with Crippen LogP contribution in [-0.4, -0.2) is 21.3 Å². The molecule has 1 N–H and O–H groups in total. The molecule has 98 valence electrons. The fourth-order valence-corrected chi connectivity index (χ4v) is 2.82. The first kappa shape index (κ1) is 13.2. The van der Waals surface area contributed by atoms with E-state index in [4.69, 9.17) is 0 Å². The van der Waals surface area contributed by atoms with E-state index in [0.717, 1.165) is 25.2 Å². The van der Waals surface area contributed by atoms with E-state index in [0.29, 0.717) is 6.04 Å². The van der Waals surface area contributed by atoms with Gasteiger partial charge < -0.3 is 5.32 Å². The maximum absolute atomic E-state index is 4.52. The van der Waals surface area contributed by atoms with E-state index in [-0.39, 0.29) is 0 Å². The fourth-order valence-electron chi connectivity index (χ4n) is 2.16. The second-order valence-electron chi connectivity index (χ2n) is 4.27. The van der Waals surface area contributed by atoms with Crippen molar-refractivity contribution >= 4 is 11.3 Å². The van der Waals surface area contributed by atoms with Gasteiger partial charge in [-0.15, -0.1) is 11.3 Å². The van der Waals surface area contributed by atoms with Gasteiger partial charge in [0.15, 0.2) is 0 Å². The van der Waals surface area contributed by atoms with Gasteiger partial charge in [0.25, 0.3) is 0 Å². The molecule has 0 radical (unpaired) electrons. The van der Waals surface area contributed by atoms with Crippen molar-refractivity contribution in [3.63, 3.8) is 0 Å². The van der Waals surface area contributed by atoms with Crippen LogP contribution in [0, 0.1) is 6.92 Å². The highest BCUT2D eigenvalue weighted by Gasteiger charge is 2.17.